The largest absolute Gasteiger partial charge is 0.454 e. The van der Waals surface area contributed by atoms with E-state index in [-0.39, 0.29) is 0 Å². The van der Waals surface area contributed by atoms with E-state index in [2.05, 4.69) is 32.3 Å². The number of thiazole rings is 1. The van der Waals surface area contributed by atoms with E-state index in [4.69, 9.17) is 9.47 Å². The molecule has 4 nitrogen and oxygen atoms in total. The van der Waals surface area contributed by atoms with E-state index in [0.717, 1.165) is 32.2 Å². The third-order valence-corrected chi connectivity index (χ3v) is 4.72. The van der Waals surface area contributed by atoms with Crippen LogP contribution in [0.5, 0.6) is 11.5 Å². The Kier molecular flexibility index (Phi) is 3.20. The zero-order chi connectivity index (χ0) is 14.2. The lowest BCUT2D eigenvalue weighted by atomic mass is 10.2. The summed E-state index contributed by atoms with van der Waals surface area (Å²) in [6.45, 7) is 1.01. The van der Waals surface area contributed by atoms with Crippen LogP contribution >= 0.6 is 27.3 Å². The van der Waals surface area contributed by atoms with Gasteiger partial charge in [0.15, 0.2) is 16.6 Å². The second kappa shape index (κ2) is 5.20. The van der Waals surface area contributed by atoms with Crippen LogP contribution in [0, 0.1) is 0 Å². The number of aromatic nitrogens is 1. The highest BCUT2D eigenvalue weighted by Crippen LogP contribution is 2.33. The van der Waals surface area contributed by atoms with Gasteiger partial charge in [0.2, 0.25) is 6.79 Å². The number of anilines is 1. The topological polar surface area (TPSA) is 43.4 Å². The van der Waals surface area contributed by atoms with Crippen molar-refractivity contribution in [2.24, 2.45) is 0 Å². The summed E-state index contributed by atoms with van der Waals surface area (Å²) in [5, 5.41) is 4.27. The molecule has 4 rings (SSSR count). The highest BCUT2D eigenvalue weighted by molar-refractivity contribution is 9.10. The van der Waals surface area contributed by atoms with Crippen LogP contribution in [0.25, 0.3) is 10.2 Å². The van der Waals surface area contributed by atoms with E-state index in [1.165, 1.54) is 4.70 Å². The Morgan fingerprint density at radius 2 is 2.05 bits per heavy atom. The molecule has 0 bridgehead atoms. The summed E-state index contributed by atoms with van der Waals surface area (Å²) in [5.74, 6) is 1.62. The molecule has 0 saturated heterocycles. The van der Waals surface area contributed by atoms with Crippen molar-refractivity contribution in [1.82, 2.24) is 4.98 Å². The molecule has 21 heavy (non-hydrogen) atoms. The van der Waals surface area contributed by atoms with Crippen molar-refractivity contribution >= 4 is 42.6 Å². The Labute approximate surface area is 133 Å². The van der Waals surface area contributed by atoms with Crippen molar-refractivity contribution in [2.75, 3.05) is 12.1 Å². The van der Waals surface area contributed by atoms with Gasteiger partial charge in [-0.15, -0.1) is 0 Å². The van der Waals surface area contributed by atoms with E-state index in [9.17, 15) is 0 Å². The van der Waals surface area contributed by atoms with Gasteiger partial charge >= 0.3 is 0 Å². The normalized spacial score (nSPS) is 12.8. The van der Waals surface area contributed by atoms with E-state index in [1.807, 2.05) is 30.3 Å². The van der Waals surface area contributed by atoms with Gasteiger partial charge in [0.1, 0.15) is 0 Å². The number of fused-ring (bicyclic) bond motifs is 2. The Bertz CT molecular complexity index is 819. The molecule has 106 valence electrons. The second-order valence-corrected chi connectivity index (χ2v) is 6.62. The summed E-state index contributed by atoms with van der Waals surface area (Å²) < 4.78 is 12.9. The zero-order valence-electron chi connectivity index (χ0n) is 10.9. The summed E-state index contributed by atoms with van der Waals surface area (Å²) in [6.07, 6.45) is 0. The van der Waals surface area contributed by atoms with Gasteiger partial charge in [0.25, 0.3) is 0 Å². The van der Waals surface area contributed by atoms with Crippen LogP contribution in [0.2, 0.25) is 0 Å². The second-order valence-electron chi connectivity index (χ2n) is 4.67. The van der Waals surface area contributed by atoms with Gasteiger partial charge in [-0.05, 0) is 35.9 Å². The maximum Gasteiger partial charge on any atom is 0.231 e. The lowest BCUT2D eigenvalue weighted by Gasteiger charge is -2.04. The van der Waals surface area contributed by atoms with Gasteiger partial charge in [-0.25, -0.2) is 4.98 Å². The monoisotopic (exact) mass is 362 g/mol. The molecule has 0 aliphatic carbocycles. The lowest BCUT2D eigenvalue weighted by Crippen LogP contribution is -1.98. The van der Waals surface area contributed by atoms with Gasteiger partial charge in [0, 0.05) is 11.0 Å². The standard InChI is InChI=1S/C15H11BrN2O2S/c16-10-2-4-14-11(6-10)18-15(21-14)17-7-9-1-3-12-13(5-9)20-8-19-12/h1-6H,7-8H2,(H,17,18). The highest BCUT2D eigenvalue weighted by atomic mass is 79.9. The molecule has 0 fully saturated rings. The van der Waals surface area contributed by atoms with Gasteiger partial charge in [-0.2, -0.15) is 0 Å². The first kappa shape index (κ1) is 12.9. The molecule has 0 saturated carbocycles. The number of benzene rings is 2. The molecule has 0 amide bonds. The predicted molar refractivity (Wildman–Crippen MR) is 87.2 cm³/mol. The van der Waals surface area contributed by atoms with E-state index in [0.29, 0.717) is 13.3 Å². The fraction of sp³-hybridized carbons (Fsp3) is 0.133. The van der Waals surface area contributed by atoms with Crippen LogP contribution in [0.4, 0.5) is 5.13 Å². The Morgan fingerprint density at radius 1 is 1.14 bits per heavy atom. The SMILES string of the molecule is Brc1ccc2sc(NCc3ccc4c(c3)OCO4)nc2c1. The van der Waals surface area contributed by atoms with Crippen LogP contribution in [0.1, 0.15) is 5.56 Å². The van der Waals surface area contributed by atoms with Crippen molar-refractivity contribution in [2.45, 2.75) is 6.54 Å². The first-order valence-electron chi connectivity index (χ1n) is 6.46. The average molecular weight is 363 g/mol. The molecule has 0 spiro atoms. The number of rotatable bonds is 3. The Balaban J connectivity index is 1.52. The van der Waals surface area contributed by atoms with Crippen molar-refractivity contribution in [3.8, 4) is 11.5 Å². The molecule has 1 aliphatic heterocycles. The fourth-order valence-corrected chi connectivity index (χ4v) is 3.40. The minimum absolute atomic E-state index is 0.305. The van der Waals surface area contributed by atoms with Crippen molar-refractivity contribution in [1.29, 1.82) is 0 Å². The molecule has 2 heterocycles. The van der Waals surface area contributed by atoms with Gasteiger partial charge in [-0.3, -0.25) is 0 Å². The molecule has 0 radical (unpaired) electrons. The molecule has 2 aromatic carbocycles. The lowest BCUT2D eigenvalue weighted by molar-refractivity contribution is 0.174. The summed E-state index contributed by atoms with van der Waals surface area (Å²) in [6, 6.07) is 12.1. The molecular weight excluding hydrogens is 352 g/mol. The molecule has 1 aromatic heterocycles. The maximum absolute atomic E-state index is 5.38. The number of nitrogens with one attached hydrogen (secondary N) is 1. The van der Waals surface area contributed by atoms with Gasteiger partial charge in [-0.1, -0.05) is 33.3 Å². The Morgan fingerprint density at radius 3 is 3.00 bits per heavy atom. The third kappa shape index (κ3) is 2.56. The van der Waals surface area contributed by atoms with Crippen LogP contribution in [0.15, 0.2) is 40.9 Å². The molecule has 1 N–H and O–H groups in total. The van der Waals surface area contributed by atoms with Gasteiger partial charge < -0.3 is 14.8 Å². The van der Waals surface area contributed by atoms with Crippen molar-refractivity contribution in [3.05, 3.63) is 46.4 Å². The summed E-state index contributed by atoms with van der Waals surface area (Å²) in [7, 11) is 0. The van der Waals surface area contributed by atoms with E-state index >= 15 is 0 Å². The molecule has 6 heteroatoms. The minimum atomic E-state index is 0.305. The fourth-order valence-electron chi connectivity index (χ4n) is 2.20. The van der Waals surface area contributed by atoms with Gasteiger partial charge in [0.05, 0.1) is 10.2 Å². The van der Waals surface area contributed by atoms with Crippen LogP contribution in [-0.2, 0) is 6.54 Å². The van der Waals surface area contributed by atoms with E-state index in [1.54, 1.807) is 11.3 Å². The predicted octanol–water partition coefficient (Wildman–Crippen LogP) is 4.40. The smallest absolute Gasteiger partial charge is 0.231 e. The zero-order valence-corrected chi connectivity index (χ0v) is 13.3. The van der Waals surface area contributed by atoms with E-state index < -0.39 is 0 Å². The Hall–Kier alpha value is -1.79. The molecule has 1 aliphatic rings. The summed E-state index contributed by atoms with van der Waals surface area (Å²) in [4.78, 5) is 4.58. The number of nitrogens with zero attached hydrogens (tertiary/aromatic N) is 1. The van der Waals surface area contributed by atoms with Crippen molar-refractivity contribution in [3.63, 3.8) is 0 Å². The highest BCUT2D eigenvalue weighted by Gasteiger charge is 2.13. The number of ether oxygens (including phenoxy) is 2. The van der Waals surface area contributed by atoms with Crippen LogP contribution < -0.4 is 14.8 Å². The molecule has 0 atom stereocenters. The molecular formula is C15H11BrN2O2S. The maximum atomic E-state index is 5.38. The first-order valence-corrected chi connectivity index (χ1v) is 8.07. The summed E-state index contributed by atoms with van der Waals surface area (Å²) >= 11 is 5.12. The number of hydrogen-bond acceptors (Lipinski definition) is 5. The molecule has 0 unspecified atom stereocenters. The quantitative estimate of drug-likeness (QED) is 0.749. The van der Waals surface area contributed by atoms with Crippen molar-refractivity contribution < 1.29 is 9.47 Å². The minimum Gasteiger partial charge on any atom is -0.454 e. The first-order chi connectivity index (χ1) is 10.3. The average Bonchev–Trinajstić information content (AvgIpc) is 3.09. The third-order valence-electron chi connectivity index (χ3n) is 3.23. The summed E-state index contributed by atoms with van der Waals surface area (Å²) in [5.41, 5.74) is 2.14. The molecule has 3 aromatic rings. The van der Waals surface area contributed by atoms with Crippen LogP contribution in [-0.4, -0.2) is 11.8 Å². The number of halogens is 1. The number of hydrogen-bond donors (Lipinski definition) is 1. The van der Waals surface area contributed by atoms with Crippen LogP contribution in [0.3, 0.4) is 0 Å².